The van der Waals surface area contributed by atoms with Gasteiger partial charge in [-0.3, -0.25) is 14.8 Å². The molecule has 0 aliphatic carbocycles. The van der Waals surface area contributed by atoms with Crippen LogP contribution < -0.4 is 10.5 Å². The van der Waals surface area contributed by atoms with Gasteiger partial charge in [-0.1, -0.05) is 6.07 Å². The fourth-order valence-corrected chi connectivity index (χ4v) is 4.48. The van der Waals surface area contributed by atoms with Crippen LogP contribution in [0.15, 0.2) is 54.9 Å². The summed E-state index contributed by atoms with van der Waals surface area (Å²) in [4.78, 5) is 23.6. The first-order valence-corrected chi connectivity index (χ1v) is 10.8. The van der Waals surface area contributed by atoms with Crippen LogP contribution in [-0.4, -0.2) is 40.5 Å². The van der Waals surface area contributed by atoms with E-state index in [1.54, 1.807) is 29.4 Å². The number of nitrogens with zero attached hydrogens (tertiary/aromatic N) is 3. The van der Waals surface area contributed by atoms with Gasteiger partial charge in [0, 0.05) is 43.3 Å². The summed E-state index contributed by atoms with van der Waals surface area (Å²) in [6.45, 7) is 1.77. The number of carbonyl (C=O) groups excluding carboxylic acids is 1. The van der Waals surface area contributed by atoms with E-state index >= 15 is 0 Å². The maximum Gasteiger partial charge on any atom is 0.248 e. The minimum atomic E-state index is -0.525. The van der Waals surface area contributed by atoms with Crippen LogP contribution >= 0.6 is 11.3 Å². The van der Waals surface area contributed by atoms with Gasteiger partial charge < -0.3 is 20.1 Å². The van der Waals surface area contributed by atoms with Crippen LogP contribution in [0.3, 0.4) is 0 Å². The Hall–Kier alpha value is -3.56. The quantitative estimate of drug-likeness (QED) is 0.458. The number of aromatic nitrogens is 2. The lowest BCUT2D eigenvalue weighted by atomic mass is 10.2. The number of thiophene rings is 1. The molecule has 3 aromatic heterocycles. The van der Waals surface area contributed by atoms with Crippen LogP contribution in [0.2, 0.25) is 0 Å². The smallest absolute Gasteiger partial charge is 0.248 e. The Kier molecular flexibility index (Phi) is 5.42. The molecule has 0 bridgehead atoms. The summed E-state index contributed by atoms with van der Waals surface area (Å²) in [6.07, 6.45) is 3.40. The molecule has 4 aromatic rings. The molecule has 0 atom stereocenters. The normalized spacial score (nSPS) is 14.2. The van der Waals surface area contributed by atoms with E-state index in [9.17, 15) is 9.18 Å². The minimum Gasteiger partial charge on any atom is -0.453 e. The van der Waals surface area contributed by atoms with E-state index < -0.39 is 5.82 Å². The van der Waals surface area contributed by atoms with E-state index in [0.29, 0.717) is 31.1 Å². The highest BCUT2D eigenvalue weighted by molar-refractivity contribution is 7.22. The maximum atomic E-state index is 14.2. The molecular formula is C23H19FN4O3S. The van der Waals surface area contributed by atoms with E-state index in [1.807, 2.05) is 18.2 Å². The van der Waals surface area contributed by atoms with Crippen molar-refractivity contribution in [2.24, 2.45) is 0 Å². The molecule has 0 spiro atoms. The monoisotopic (exact) mass is 450 g/mol. The largest absolute Gasteiger partial charge is 0.453 e. The molecule has 0 saturated carbocycles. The number of hydrogen-bond acceptors (Lipinski definition) is 7. The van der Waals surface area contributed by atoms with Gasteiger partial charge in [-0.05, 0) is 29.8 Å². The molecular weight excluding hydrogens is 431 g/mol. The molecule has 162 valence electrons. The first kappa shape index (κ1) is 20.3. The van der Waals surface area contributed by atoms with E-state index in [1.165, 1.54) is 23.5 Å². The Morgan fingerprint density at radius 3 is 2.84 bits per heavy atom. The van der Waals surface area contributed by atoms with Crippen molar-refractivity contribution < 1.29 is 18.7 Å². The molecule has 1 fully saturated rings. The Morgan fingerprint density at radius 2 is 2.06 bits per heavy atom. The number of nitrogen functional groups attached to an aromatic ring is 1. The third-order valence-corrected chi connectivity index (χ3v) is 6.25. The highest BCUT2D eigenvalue weighted by Gasteiger charge is 2.19. The molecule has 1 aliphatic rings. The van der Waals surface area contributed by atoms with E-state index in [0.717, 1.165) is 26.4 Å². The number of ether oxygens (including phenoxy) is 2. The maximum absolute atomic E-state index is 14.2. The number of rotatable bonds is 5. The van der Waals surface area contributed by atoms with E-state index in [2.05, 4.69) is 9.97 Å². The van der Waals surface area contributed by atoms with Crippen molar-refractivity contribution in [3.63, 3.8) is 0 Å². The van der Waals surface area contributed by atoms with Crippen molar-refractivity contribution in [1.82, 2.24) is 14.9 Å². The number of anilines is 1. The summed E-state index contributed by atoms with van der Waals surface area (Å²) in [7, 11) is 0. The fourth-order valence-electron chi connectivity index (χ4n) is 3.44. The van der Waals surface area contributed by atoms with Crippen LogP contribution in [0.1, 0.15) is 5.56 Å². The average Bonchev–Trinajstić information content (AvgIpc) is 3.23. The Morgan fingerprint density at radius 1 is 1.16 bits per heavy atom. The zero-order chi connectivity index (χ0) is 22.1. The lowest BCUT2D eigenvalue weighted by Gasteiger charge is -2.26. The van der Waals surface area contributed by atoms with Crippen molar-refractivity contribution in [3.05, 3.63) is 66.2 Å². The molecule has 5 rings (SSSR count). The number of halogens is 1. The van der Waals surface area contributed by atoms with Crippen LogP contribution in [0.4, 0.5) is 10.1 Å². The number of pyridine rings is 2. The molecule has 0 radical (unpaired) electrons. The highest BCUT2D eigenvalue weighted by Crippen LogP contribution is 2.39. The van der Waals surface area contributed by atoms with E-state index in [4.69, 9.17) is 15.2 Å². The van der Waals surface area contributed by atoms with Crippen LogP contribution in [0.25, 0.3) is 20.8 Å². The number of hydrogen-bond donors (Lipinski definition) is 1. The fraction of sp³-hybridized carbons (Fsp3) is 0.174. The topological polar surface area (TPSA) is 90.6 Å². The number of nitrogens with two attached hydrogens (primary N) is 1. The number of carbonyl (C=O) groups is 1. The van der Waals surface area contributed by atoms with Crippen LogP contribution in [0.5, 0.6) is 11.5 Å². The summed E-state index contributed by atoms with van der Waals surface area (Å²) in [5.41, 5.74) is 8.42. The first-order valence-electron chi connectivity index (χ1n) is 9.99. The minimum absolute atomic E-state index is 0.0130. The van der Waals surface area contributed by atoms with Crippen LogP contribution in [0, 0.1) is 5.82 Å². The van der Waals surface area contributed by atoms with Gasteiger partial charge in [-0.15, -0.1) is 11.3 Å². The van der Waals surface area contributed by atoms with Crippen molar-refractivity contribution in [2.45, 2.75) is 6.54 Å². The molecule has 1 aliphatic heterocycles. The van der Waals surface area contributed by atoms with Gasteiger partial charge in [0.2, 0.25) is 5.91 Å². The Bertz CT molecular complexity index is 1290. The van der Waals surface area contributed by atoms with Crippen molar-refractivity contribution in [2.75, 3.05) is 25.5 Å². The van der Waals surface area contributed by atoms with Crippen LogP contribution in [-0.2, 0) is 16.1 Å². The second-order valence-corrected chi connectivity index (χ2v) is 8.40. The molecule has 1 aromatic carbocycles. The Balaban J connectivity index is 1.39. The molecule has 9 heteroatoms. The lowest BCUT2D eigenvalue weighted by Crippen LogP contribution is -2.40. The second kappa shape index (κ2) is 8.52. The van der Waals surface area contributed by atoms with Gasteiger partial charge in [0.1, 0.15) is 12.4 Å². The lowest BCUT2D eigenvalue weighted by molar-refractivity contribution is -0.143. The van der Waals surface area contributed by atoms with Gasteiger partial charge in [0.15, 0.2) is 11.6 Å². The number of amides is 1. The molecule has 32 heavy (non-hydrogen) atoms. The van der Waals surface area contributed by atoms with E-state index in [-0.39, 0.29) is 18.3 Å². The first-order chi connectivity index (χ1) is 15.6. The molecule has 1 amide bonds. The van der Waals surface area contributed by atoms with Gasteiger partial charge in [0.25, 0.3) is 0 Å². The zero-order valence-corrected chi connectivity index (χ0v) is 17.8. The predicted molar refractivity (Wildman–Crippen MR) is 120 cm³/mol. The number of benzene rings is 1. The molecule has 0 unspecified atom stereocenters. The standard InChI is InChI=1S/C23H19FN4O3S/c24-16-9-15(25)2-4-19(16)31-20-5-6-26-18-10-21(32-23(18)20)17-3-1-14(11-27-17)12-28-7-8-30-13-22(28)29/h1-6,9-11H,7-8,12-13,25H2. The van der Waals surface area contributed by atoms with Gasteiger partial charge >= 0.3 is 0 Å². The van der Waals surface area contributed by atoms with Gasteiger partial charge in [-0.25, -0.2) is 4.39 Å². The number of fused-ring (bicyclic) bond motifs is 1. The zero-order valence-electron chi connectivity index (χ0n) is 17.0. The summed E-state index contributed by atoms with van der Waals surface area (Å²) < 4.78 is 26.0. The number of morpholine rings is 1. The van der Waals surface area contributed by atoms with Crippen molar-refractivity contribution >= 4 is 33.1 Å². The Labute approximate surface area is 187 Å². The molecule has 2 N–H and O–H groups in total. The summed E-state index contributed by atoms with van der Waals surface area (Å²) >= 11 is 1.47. The third kappa shape index (κ3) is 4.12. The predicted octanol–water partition coefficient (Wildman–Crippen LogP) is 4.23. The van der Waals surface area contributed by atoms with Gasteiger partial charge in [0.05, 0.1) is 27.4 Å². The molecule has 1 saturated heterocycles. The summed E-state index contributed by atoms with van der Waals surface area (Å²) in [5, 5.41) is 0. The third-order valence-electron chi connectivity index (χ3n) is 5.09. The SMILES string of the molecule is Nc1ccc(Oc2ccnc3cc(-c4ccc(CN5CCOCC5=O)cn4)sc23)c(F)c1. The summed E-state index contributed by atoms with van der Waals surface area (Å²) in [5.74, 6) is 0.0721. The second-order valence-electron chi connectivity index (χ2n) is 7.35. The van der Waals surface area contributed by atoms with Crippen molar-refractivity contribution in [1.29, 1.82) is 0 Å². The van der Waals surface area contributed by atoms with Gasteiger partial charge in [-0.2, -0.15) is 0 Å². The van der Waals surface area contributed by atoms with Crippen molar-refractivity contribution in [3.8, 4) is 22.1 Å². The molecule has 4 heterocycles. The average molecular weight is 450 g/mol. The highest BCUT2D eigenvalue weighted by atomic mass is 32.1. The molecule has 7 nitrogen and oxygen atoms in total. The summed E-state index contributed by atoms with van der Waals surface area (Å²) in [6, 6.07) is 11.8.